The minimum absolute atomic E-state index is 0.132. The van der Waals surface area contributed by atoms with Gasteiger partial charge < -0.3 is 15.0 Å². The molecule has 2 aromatic rings. The smallest absolute Gasteiger partial charge is 0.370 e. The van der Waals surface area contributed by atoms with Crippen LogP contribution in [-0.2, 0) is 11.3 Å². The summed E-state index contributed by atoms with van der Waals surface area (Å²) in [6, 6.07) is 6.80. The second kappa shape index (κ2) is 5.38. The number of nitrogens with two attached hydrogens (primary N) is 1. The molecular weight excluding hydrogens is 273 g/mol. The third-order valence-corrected chi connectivity index (χ3v) is 2.63. The van der Waals surface area contributed by atoms with Crippen LogP contribution in [0, 0.1) is 11.3 Å². The van der Waals surface area contributed by atoms with Gasteiger partial charge in [0.2, 0.25) is 5.95 Å². The highest BCUT2D eigenvalue weighted by Crippen LogP contribution is 2.19. The first-order chi connectivity index (χ1) is 9.40. The first-order valence-electron chi connectivity index (χ1n) is 5.71. The number of aromatic nitrogens is 2. The number of rotatable bonds is 4. The lowest BCUT2D eigenvalue weighted by atomic mass is 10.2. The normalized spacial score (nSPS) is 11.7. The van der Waals surface area contributed by atoms with Gasteiger partial charge in [-0.3, -0.25) is 0 Å². The van der Waals surface area contributed by atoms with Crippen molar-refractivity contribution in [1.29, 1.82) is 5.26 Å². The molecule has 1 heterocycles. The molecule has 0 bridgehead atoms. The minimum atomic E-state index is -4.35. The van der Waals surface area contributed by atoms with Crippen molar-refractivity contribution in [1.82, 2.24) is 9.55 Å². The topological polar surface area (TPSA) is 76.9 Å². The fourth-order valence-electron chi connectivity index (χ4n) is 1.79. The number of anilines is 1. The lowest BCUT2D eigenvalue weighted by Crippen LogP contribution is -2.19. The van der Waals surface area contributed by atoms with E-state index >= 15 is 0 Å². The molecule has 20 heavy (non-hydrogen) atoms. The zero-order chi connectivity index (χ0) is 14.8. The third-order valence-electron chi connectivity index (χ3n) is 2.63. The summed E-state index contributed by atoms with van der Waals surface area (Å²) in [5, 5.41) is 8.84. The number of benzene rings is 1. The summed E-state index contributed by atoms with van der Waals surface area (Å²) in [7, 11) is 0. The average molecular weight is 284 g/mol. The second-order valence-electron chi connectivity index (χ2n) is 4.10. The summed E-state index contributed by atoms with van der Waals surface area (Å²) in [6.07, 6.45) is -4.35. The molecule has 1 aromatic heterocycles. The molecule has 0 aliphatic heterocycles. The highest BCUT2D eigenvalue weighted by Gasteiger charge is 2.27. The van der Waals surface area contributed by atoms with Crippen molar-refractivity contribution in [2.75, 3.05) is 18.9 Å². The lowest BCUT2D eigenvalue weighted by molar-refractivity contribution is -0.174. The van der Waals surface area contributed by atoms with Crippen LogP contribution in [0.2, 0.25) is 0 Å². The Kier molecular flexibility index (Phi) is 3.81. The van der Waals surface area contributed by atoms with Crippen molar-refractivity contribution in [3.05, 3.63) is 23.8 Å². The van der Waals surface area contributed by atoms with E-state index in [-0.39, 0.29) is 19.1 Å². The van der Waals surface area contributed by atoms with Gasteiger partial charge in [0.05, 0.1) is 29.3 Å². The molecule has 0 atom stereocenters. The Bertz CT molecular complexity index is 657. The van der Waals surface area contributed by atoms with E-state index in [1.165, 1.54) is 4.57 Å². The molecule has 0 spiro atoms. The van der Waals surface area contributed by atoms with Gasteiger partial charge in [0, 0.05) is 6.54 Å². The molecule has 106 valence electrons. The predicted molar refractivity (Wildman–Crippen MR) is 65.7 cm³/mol. The van der Waals surface area contributed by atoms with Gasteiger partial charge in [-0.1, -0.05) is 0 Å². The SMILES string of the molecule is N#Cc1ccc2nc(N)n(CCOCC(F)(F)F)c2c1. The number of halogens is 3. The quantitative estimate of drug-likeness (QED) is 0.872. The zero-order valence-electron chi connectivity index (χ0n) is 10.3. The first kappa shape index (κ1) is 14.1. The van der Waals surface area contributed by atoms with E-state index in [0.717, 1.165) is 0 Å². The number of nitrogens with zero attached hydrogens (tertiary/aromatic N) is 3. The largest absolute Gasteiger partial charge is 0.411 e. The first-order valence-corrected chi connectivity index (χ1v) is 5.71. The molecule has 0 aliphatic rings. The molecule has 0 unspecified atom stereocenters. The van der Waals surface area contributed by atoms with E-state index in [9.17, 15) is 13.2 Å². The van der Waals surface area contributed by atoms with E-state index in [4.69, 9.17) is 11.0 Å². The van der Waals surface area contributed by atoms with Crippen molar-refractivity contribution < 1.29 is 17.9 Å². The summed E-state index contributed by atoms with van der Waals surface area (Å²) in [6.45, 7) is -1.32. The Morgan fingerprint density at radius 1 is 1.40 bits per heavy atom. The van der Waals surface area contributed by atoms with E-state index in [0.29, 0.717) is 16.6 Å². The van der Waals surface area contributed by atoms with Crippen molar-refractivity contribution in [2.45, 2.75) is 12.7 Å². The van der Waals surface area contributed by atoms with Gasteiger partial charge >= 0.3 is 6.18 Å². The highest BCUT2D eigenvalue weighted by molar-refractivity contribution is 5.79. The van der Waals surface area contributed by atoms with Crippen molar-refractivity contribution >= 4 is 17.0 Å². The van der Waals surface area contributed by atoms with Crippen LogP contribution in [0.25, 0.3) is 11.0 Å². The van der Waals surface area contributed by atoms with Crippen LogP contribution < -0.4 is 5.73 Å². The Hall–Kier alpha value is -2.27. The fourth-order valence-corrected chi connectivity index (χ4v) is 1.79. The van der Waals surface area contributed by atoms with Crippen LogP contribution in [0.15, 0.2) is 18.2 Å². The van der Waals surface area contributed by atoms with Gasteiger partial charge in [-0.05, 0) is 18.2 Å². The van der Waals surface area contributed by atoms with E-state index in [1.807, 2.05) is 6.07 Å². The Labute approximate surface area is 112 Å². The van der Waals surface area contributed by atoms with Gasteiger partial charge in [0.15, 0.2) is 0 Å². The van der Waals surface area contributed by atoms with E-state index in [1.54, 1.807) is 18.2 Å². The maximum atomic E-state index is 11.9. The monoisotopic (exact) mass is 284 g/mol. The van der Waals surface area contributed by atoms with Crippen LogP contribution in [-0.4, -0.2) is 28.9 Å². The van der Waals surface area contributed by atoms with Crippen LogP contribution in [0.5, 0.6) is 0 Å². The molecule has 0 saturated heterocycles. The molecule has 2 rings (SSSR count). The van der Waals surface area contributed by atoms with Crippen LogP contribution >= 0.6 is 0 Å². The summed E-state index contributed by atoms with van der Waals surface area (Å²) >= 11 is 0. The zero-order valence-corrected chi connectivity index (χ0v) is 10.3. The van der Waals surface area contributed by atoms with Crippen molar-refractivity contribution in [2.24, 2.45) is 0 Å². The Morgan fingerprint density at radius 3 is 2.80 bits per heavy atom. The van der Waals surface area contributed by atoms with Crippen LogP contribution in [0.3, 0.4) is 0 Å². The van der Waals surface area contributed by atoms with Gasteiger partial charge in [-0.25, -0.2) is 4.98 Å². The van der Waals surface area contributed by atoms with Crippen molar-refractivity contribution in [3.63, 3.8) is 0 Å². The minimum Gasteiger partial charge on any atom is -0.370 e. The van der Waals surface area contributed by atoms with Crippen molar-refractivity contribution in [3.8, 4) is 6.07 Å². The maximum Gasteiger partial charge on any atom is 0.411 e. The van der Waals surface area contributed by atoms with Crippen LogP contribution in [0.4, 0.5) is 19.1 Å². The number of ether oxygens (including phenoxy) is 1. The third kappa shape index (κ3) is 3.19. The number of hydrogen-bond donors (Lipinski definition) is 1. The maximum absolute atomic E-state index is 11.9. The number of hydrogen-bond acceptors (Lipinski definition) is 4. The molecule has 5 nitrogen and oxygen atoms in total. The highest BCUT2D eigenvalue weighted by atomic mass is 19.4. The summed E-state index contributed by atoms with van der Waals surface area (Å²) < 4.78 is 41.9. The fraction of sp³-hybridized carbons (Fsp3) is 0.333. The average Bonchev–Trinajstić information content (AvgIpc) is 2.68. The van der Waals surface area contributed by atoms with Gasteiger partial charge in [-0.15, -0.1) is 0 Å². The molecule has 0 radical (unpaired) electrons. The molecule has 0 saturated carbocycles. The second-order valence-corrected chi connectivity index (χ2v) is 4.10. The van der Waals surface area contributed by atoms with Gasteiger partial charge in [-0.2, -0.15) is 18.4 Å². The number of fused-ring (bicyclic) bond motifs is 1. The number of alkyl halides is 3. The molecule has 0 fully saturated rings. The Morgan fingerprint density at radius 2 is 2.15 bits per heavy atom. The molecule has 2 N–H and O–H groups in total. The molecular formula is C12H11F3N4O. The Balaban J connectivity index is 2.13. The number of nitriles is 1. The summed E-state index contributed by atoms with van der Waals surface area (Å²) in [5.74, 6) is 0.172. The molecule has 0 amide bonds. The molecule has 1 aromatic carbocycles. The van der Waals surface area contributed by atoms with E-state index in [2.05, 4.69) is 9.72 Å². The molecule has 0 aliphatic carbocycles. The van der Waals surface area contributed by atoms with Gasteiger partial charge in [0.1, 0.15) is 6.61 Å². The predicted octanol–water partition coefficient (Wildman–Crippen LogP) is 2.07. The summed E-state index contributed by atoms with van der Waals surface area (Å²) in [4.78, 5) is 4.07. The van der Waals surface area contributed by atoms with Crippen LogP contribution in [0.1, 0.15) is 5.56 Å². The number of nitrogen functional groups attached to an aromatic ring is 1. The summed E-state index contributed by atoms with van der Waals surface area (Å²) in [5.41, 5.74) is 7.31. The standard InChI is InChI=1S/C12H11F3N4O/c13-12(14,15)7-20-4-3-19-10-5-8(6-16)1-2-9(10)18-11(19)17/h1-2,5H,3-4,7H2,(H2,17,18). The molecule has 8 heteroatoms. The lowest BCUT2D eigenvalue weighted by Gasteiger charge is -2.09. The van der Waals surface area contributed by atoms with E-state index < -0.39 is 12.8 Å². The number of imidazole rings is 1. The van der Waals surface area contributed by atoms with Gasteiger partial charge in [0.25, 0.3) is 0 Å².